The lowest BCUT2D eigenvalue weighted by molar-refractivity contribution is -0.132. The van der Waals surface area contributed by atoms with Crippen LogP contribution in [-0.2, 0) is 11.2 Å². The zero-order valence-corrected chi connectivity index (χ0v) is 10.6. The van der Waals surface area contributed by atoms with Crippen LogP contribution in [0.2, 0.25) is 0 Å². The highest BCUT2D eigenvalue weighted by Crippen LogP contribution is 2.10. The number of benzene rings is 1. The molecule has 3 nitrogen and oxygen atoms in total. The van der Waals surface area contributed by atoms with Gasteiger partial charge in [0.1, 0.15) is 0 Å². The van der Waals surface area contributed by atoms with E-state index < -0.39 is 0 Å². The van der Waals surface area contributed by atoms with Gasteiger partial charge in [0.25, 0.3) is 0 Å². The summed E-state index contributed by atoms with van der Waals surface area (Å²) in [6.07, 6.45) is 0.538. The molecule has 1 aliphatic rings. The molecule has 0 saturated carbocycles. The molecule has 1 aromatic carbocycles. The first-order chi connectivity index (χ1) is 8.16. The third-order valence-corrected chi connectivity index (χ3v) is 3.46. The fourth-order valence-electron chi connectivity index (χ4n) is 2.14. The predicted octanol–water partition coefficient (Wildman–Crippen LogP) is 1.31. The van der Waals surface area contributed by atoms with Crippen molar-refractivity contribution in [3.63, 3.8) is 0 Å². The predicted molar refractivity (Wildman–Crippen MR) is 69.0 cm³/mol. The van der Waals surface area contributed by atoms with E-state index in [1.807, 2.05) is 23.1 Å². The van der Waals surface area contributed by atoms with Crippen molar-refractivity contribution in [1.82, 2.24) is 9.80 Å². The Morgan fingerprint density at radius 1 is 1.18 bits per heavy atom. The number of rotatable bonds is 2. The Balaban J connectivity index is 1.95. The molecule has 1 heterocycles. The van der Waals surface area contributed by atoms with E-state index in [1.54, 1.807) is 0 Å². The number of likely N-dealkylation sites (N-methyl/N-ethyl adjacent to an activating group) is 1. The number of piperazine rings is 1. The van der Waals surface area contributed by atoms with Gasteiger partial charge in [0.05, 0.1) is 6.42 Å². The molecule has 92 valence electrons. The van der Waals surface area contributed by atoms with Crippen molar-refractivity contribution in [3.8, 4) is 0 Å². The van der Waals surface area contributed by atoms with Gasteiger partial charge in [0, 0.05) is 26.2 Å². The van der Waals surface area contributed by atoms with Gasteiger partial charge >= 0.3 is 0 Å². The molecule has 1 aliphatic heterocycles. The first-order valence-corrected chi connectivity index (χ1v) is 6.17. The maximum Gasteiger partial charge on any atom is 0.227 e. The van der Waals surface area contributed by atoms with Gasteiger partial charge in [0.2, 0.25) is 5.91 Å². The Morgan fingerprint density at radius 2 is 1.82 bits per heavy atom. The lowest BCUT2D eigenvalue weighted by Gasteiger charge is -2.32. The molecule has 1 amide bonds. The molecule has 0 aliphatic carbocycles. The van der Waals surface area contributed by atoms with Crippen molar-refractivity contribution in [1.29, 1.82) is 0 Å². The van der Waals surface area contributed by atoms with E-state index in [0.29, 0.717) is 6.42 Å². The van der Waals surface area contributed by atoms with Crippen LogP contribution in [-0.4, -0.2) is 48.9 Å². The van der Waals surface area contributed by atoms with Crippen LogP contribution in [0.25, 0.3) is 0 Å². The Labute approximate surface area is 103 Å². The van der Waals surface area contributed by atoms with Crippen molar-refractivity contribution in [2.45, 2.75) is 13.3 Å². The SMILES string of the molecule is Cc1ccccc1CC(=O)N1CCN(C)CC1. The molecule has 0 unspecified atom stereocenters. The number of aryl methyl sites for hydroxylation is 1. The van der Waals surface area contributed by atoms with Crippen LogP contribution >= 0.6 is 0 Å². The zero-order valence-electron chi connectivity index (χ0n) is 10.6. The number of carbonyl (C=O) groups is 1. The largest absolute Gasteiger partial charge is 0.340 e. The van der Waals surface area contributed by atoms with E-state index in [1.165, 1.54) is 5.56 Å². The summed E-state index contributed by atoms with van der Waals surface area (Å²) in [6, 6.07) is 8.12. The fourth-order valence-corrected chi connectivity index (χ4v) is 2.14. The van der Waals surface area contributed by atoms with Gasteiger partial charge in [-0.15, -0.1) is 0 Å². The number of carbonyl (C=O) groups excluding carboxylic acids is 1. The van der Waals surface area contributed by atoms with Crippen LogP contribution in [0.1, 0.15) is 11.1 Å². The van der Waals surface area contributed by atoms with Crippen molar-refractivity contribution >= 4 is 5.91 Å². The number of amides is 1. The Bertz CT molecular complexity index is 395. The summed E-state index contributed by atoms with van der Waals surface area (Å²) in [6.45, 7) is 5.76. The standard InChI is InChI=1S/C14H20N2O/c1-12-5-3-4-6-13(12)11-14(17)16-9-7-15(2)8-10-16/h3-6H,7-11H2,1-2H3. The number of nitrogens with zero attached hydrogens (tertiary/aromatic N) is 2. The van der Waals surface area contributed by atoms with Crippen LogP contribution in [0.5, 0.6) is 0 Å². The molecule has 0 radical (unpaired) electrons. The highest BCUT2D eigenvalue weighted by molar-refractivity contribution is 5.79. The van der Waals surface area contributed by atoms with E-state index in [9.17, 15) is 4.79 Å². The van der Waals surface area contributed by atoms with Gasteiger partial charge in [-0.3, -0.25) is 4.79 Å². The monoisotopic (exact) mass is 232 g/mol. The summed E-state index contributed by atoms with van der Waals surface area (Å²) in [7, 11) is 2.10. The third kappa shape index (κ3) is 3.07. The number of hydrogen-bond acceptors (Lipinski definition) is 2. The summed E-state index contributed by atoms with van der Waals surface area (Å²) in [5.41, 5.74) is 2.35. The summed E-state index contributed by atoms with van der Waals surface area (Å²) in [5.74, 6) is 0.257. The highest BCUT2D eigenvalue weighted by Gasteiger charge is 2.19. The second kappa shape index (κ2) is 5.32. The minimum Gasteiger partial charge on any atom is -0.340 e. The van der Waals surface area contributed by atoms with Gasteiger partial charge in [-0.1, -0.05) is 24.3 Å². The van der Waals surface area contributed by atoms with E-state index in [2.05, 4.69) is 24.9 Å². The summed E-state index contributed by atoms with van der Waals surface area (Å²) in [5, 5.41) is 0. The molecule has 2 rings (SSSR count). The molecule has 1 fully saturated rings. The van der Waals surface area contributed by atoms with Crippen LogP contribution in [0, 0.1) is 6.92 Å². The minimum atomic E-state index is 0.257. The Morgan fingerprint density at radius 3 is 2.47 bits per heavy atom. The van der Waals surface area contributed by atoms with Gasteiger partial charge in [-0.2, -0.15) is 0 Å². The quantitative estimate of drug-likeness (QED) is 0.767. The molecule has 0 bridgehead atoms. The molecule has 0 N–H and O–H groups in total. The average molecular weight is 232 g/mol. The molecule has 1 saturated heterocycles. The van der Waals surface area contributed by atoms with Crippen LogP contribution in [0.4, 0.5) is 0 Å². The van der Waals surface area contributed by atoms with Gasteiger partial charge in [-0.25, -0.2) is 0 Å². The van der Waals surface area contributed by atoms with Crippen LogP contribution in [0.3, 0.4) is 0 Å². The topological polar surface area (TPSA) is 23.6 Å². The van der Waals surface area contributed by atoms with Crippen molar-refractivity contribution in [2.75, 3.05) is 33.2 Å². The van der Waals surface area contributed by atoms with E-state index in [0.717, 1.165) is 31.7 Å². The highest BCUT2D eigenvalue weighted by atomic mass is 16.2. The zero-order chi connectivity index (χ0) is 12.3. The molecule has 0 aromatic heterocycles. The maximum atomic E-state index is 12.1. The summed E-state index contributed by atoms with van der Waals surface area (Å²) < 4.78 is 0. The summed E-state index contributed by atoms with van der Waals surface area (Å²) in [4.78, 5) is 16.4. The van der Waals surface area contributed by atoms with E-state index in [4.69, 9.17) is 0 Å². The lowest BCUT2D eigenvalue weighted by atomic mass is 10.1. The molecular formula is C14H20N2O. The van der Waals surface area contributed by atoms with E-state index >= 15 is 0 Å². The van der Waals surface area contributed by atoms with Crippen LogP contribution < -0.4 is 0 Å². The molecule has 1 aromatic rings. The molecular weight excluding hydrogens is 212 g/mol. The molecule has 17 heavy (non-hydrogen) atoms. The fraction of sp³-hybridized carbons (Fsp3) is 0.500. The first kappa shape index (κ1) is 12.1. The molecule has 0 atom stereocenters. The molecule has 0 spiro atoms. The third-order valence-electron chi connectivity index (χ3n) is 3.46. The maximum absolute atomic E-state index is 12.1. The first-order valence-electron chi connectivity index (χ1n) is 6.17. The Hall–Kier alpha value is -1.35. The normalized spacial score (nSPS) is 17.2. The van der Waals surface area contributed by atoms with Gasteiger partial charge in [-0.05, 0) is 25.1 Å². The lowest BCUT2D eigenvalue weighted by Crippen LogP contribution is -2.47. The number of hydrogen-bond donors (Lipinski definition) is 0. The summed E-state index contributed by atoms with van der Waals surface area (Å²) >= 11 is 0. The second-order valence-electron chi connectivity index (χ2n) is 4.79. The van der Waals surface area contributed by atoms with E-state index in [-0.39, 0.29) is 5.91 Å². The minimum absolute atomic E-state index is 0.257. The van der Waals surface area contributed by atoms with Crippen molar-refractivity contribution in [2.24, 2.45) is 0 Å². The van der Waals surface area contributed by atoms with Gasteiger partial charge < -0.3 is 9.80 Å². The van der Waals surface area contributed by atoms with Gasteiger partial charge in [0.15, 0.2) is 0 Å². The Kier molecular flexibility index (Phi) is 3.79. The smallest absolute Gasteiger partial charge is 0.227 e. The second-order valence-corrected chi connectivity index (χ2v) is 4.79. The molecule has 3 heteroatoms. The van der Waals surface area contributed by atoms with Crippen molar-refractivity contribution in [3.05, 3.63) is 35.4 Å². The average Bonchev–Trinajstić information content (AvgIpc) is 2.33. The van der Waals surface area contributed by atoms with Crippen LogP contribution in [0.15, 0.2) is 24.3 Å². The van der Waals surface area contributed by atoms with Crippen molar-refractivity contribution < 1.29 is 4.79 Å².